The van der Waals surface area contributed by atoms with Crippen molar-refractivity contribution in [3.63, 3.8) is 0 Å². The summed E-state index contributed by atoms with van der Waals surface area (Å²) in [5.74, 6) is -0.967. The fraction of sp³-hybridized carbons (Fsp3) is 0.478. The van der Waals surface area contributed by atoms with Crippen molar-refractivity contribution < 1.29 is 14.0 Å². The standard InChI is InChI=1S/C23H32FN3O2/c1-5-6-14-26(16-19-10-9-13-25(19)4)22(28)17-27(15-18(2)3)23(29)20-11-7-8-12-21(20)24/h7-13,18H,5-6,14-17H2,1-4H3. The van der Waals surface area contributed by atoms with E-state index in [1.807, 2.05) is 43.8 Å². The third-order valence-corrected chi connectivity index (χ3v) is 4.84. The van der Waals surface area contributed by atoms with E-state index in [2.05, 4.69) is 6.92 Å². The molecule has 0 saturated carbocycles. The number of hydrogen-bond donors (Lipinski definition) is 0. The normalized spacial score (nSPS) is 11.0. The third-order valence-electron chi connectivity index (χ3n) is 4.84. The molecule has 2 amide bonds. The number of carbonyl (C=O) groups excluding carboxylic acids is 2. The summed E-state index contributed by atoms with van der Waals surface area (Å²) in [6.07, 6.45) is 3.81. The minimum atomic E-state index is -0.564. The summed E-state index contributed by atoms with van der Waals surface area (Å²) >= 11 is 0. The monoisotopic (exact) mass is 401 g/mol. The van der Waals surface area contributed by atoms with Crippen LogP contribution in [0.5, 0.6) is 0 Å². The summed E-state index contributed by atoms with van der Waals surface area (Å²) in [6, 6.07) is 9.86. The maximum Gasteiger partial charge on any atom is 0.257 e. The first-order valence-corrected chi connectivity index (χ1v) is 10.2. The van der Waals surface area contributed by atoms with Gasteiger partial charge in [0.15, 0.2) is 0 Å². The molecule has 2 rings (SSSR count). The van der Waals surface area contributed by atoms with Crippen LogP contribution in [0.25, 0.3) is 0 Å². The van der Waals surface area contributed by atoms with Gasteiger partial charge in [-0.3, -0.25) is 9.59 Å². The van der Waals surface area contributed by atoms with Crippen LogP contribution in [-0.4, -0.2) is 45.8 Å². The van der Waals surface area contributed by atoms with Gasteiger partial charge in [0.25, 0.3) is 5.91 Å². The van der Waals surface area contributed by atoms with E-state index in [-0.39, 0.29) is 23.9 Å². The van der Waals surface area contributed by atoms with Gasteiger partial charge < -0.3 is 14.4 Å². The minimum absolute atomic E-state index is 0.00323. The molecule has 1 aromatic heterocycles. The second kappa shape index (κ2) is 10.8. The number of unbranched alkanes of at least 4 members (excludes halogenated alkanes) is 1. The highest BCUT2D eigenvalue weighted by Gasteiger charge is 2.25. The van der Waals surface area contributed by atoms with Gasteiger partial charge in [0, 0.05) is 32.0 Å². The van der Waals surface area contributed by atoms with Gasteiger partial charge in [0.1, 0.15) is 12.4 Å². The van der Waals surface area contributed by atoms with E-state index in [9.17, 15) is 14.0 Å². The van der Waals surface area contributed by atoms with E-state index < -0.39 is 11.7 Å². The van der Waals surface area contributed by atoms with Crippen LogP contribution >= 0.6 is 0 Å². The van der Waals surface area contributed by atoms with E-state index in [0.29, 0.717) is 19.6 Å². The number of benzene rings is 1. The lowest BCUT2D eigenvalue weighted by Gasteiger charge is -2.29. The Kier molecular flexibility index (Phi) is 8.43. The van der Waals surface area contributed by atoms with Gasteiger partial charge in [-0.25, -0.2) is 4.39 Å². The van der Waals surface area contributed by atoms with Gasteiger partial charge in [0.05, 0.1) is 12.1 Å². The lowest BCUT2D eigenvalue weighted by molar-refractivity contribution is -0.132. The molecule has 6 heteroatoms. The molecule has 0 spiro atoms. The number of halogens is 1. The van der Waals surface area contributed by atoms with Crippen molar-refractivity contribution in [1.29, 1.82) is 0 Å². The average Bonchev–Trinajstić information content (AvgIpc) is 3.08. The van der Waals surface area contributed by atoms with E-state index in [1.54, 1.807) is 17.0 Å². The smallest absolute Gasteiger partial charge is 0.257 e. The van der Waals surface area contributed by atoms with Crippen molar-refractivity contribution in [1.82, 2.24) is 14.4 Å². The lowest BCUT2D eigenvalue weighted by Crippen LogP contribution is -2.44. The van der Waals surface area contributed by atoms with E-state index in [0.717, 1.165) is 18.5 Å². The maximum absolute atomic E-state index is 14.2. The Hall–Kier alpha value is -2.63. The molecule has 0 radical (unpaired) electrons. The van der Waals surface area contributed by atoms with Crippen LogP contribution in [0.4, 0.5) is 4.39 Å². The van der Waals surface area contributed by atoms with Gasteiger partial charge in [-0.05, 0) is 36.6 Å². The number of nitrogens with zero attached hydrogens (tertiary/aromatic N) is 3. The highest BCUT2D eigenvalue weighted by molar-refractivity contribution is 5.96. The number of aryl methyl sites for hydroxylation is 1. The molecule has 0 bridgehead atoms. The van der Waals surface area contributed by atoms with Gasteiger partial charge in [-0.1, -0.05) is 39.3 Å². The Labute approximate surface area is 173 Å². The zero-order chi connectivity index (χ0) is 21.4. The lowest BCUT2D eigenvalue weighted by atomic mass is 10.1. The highest BCUT2D eigenvalue weighted by atomic mass is 19.1. The van der Waals surface area contributed by atoms with Crippen molar-refractivity contribution in [3.05, 3.63) is 59.7 Å². The van der Waals surface area contributed by atoms with Crippen LogP contribution in [0, 0.1) is 11.7 Å². The number of rotatable bonds is 10. The Balaban J connectivity index is 2.19. The van der Waals surface area contributed by atoms with Crippen LogP contribution in [0.1, 0.15) is 49.7 Å². The molecular weight excluding hydrogens is 369 g/mol. The van der Waals surface area contributed by atoms with Crippen molar-refractivity contribution in [2.24, 2.45) is 13.0 Å². The predicted octanol–water partition coefficient (Wildman–Crippen LogP) is 4.09. The Bertz CT molecular complexity index is 816. The van der Waals surface area contributed by atoms with Crippen molar-refractivity contribution in [2.45, 2.75) is 40.2 Å². The zero-order valence-electron chi connectivity index (χ0n) is 17.9. The summed E-state index contributed by atoms with van der Waals surface area (Å²) in [6.45, 7) is 7.49. The van der Waals surface area contributed by atoms with Gasteiger partial charge >= 0.3 is 0 Å². The molecule has 0 atom stereocenters. The van der Waals surface area contributed by atoms with Crippen LogP contribution in [0.2, 0.25) is 0 Å². The van der Waals surface area contributed by atoms with Crippen LogP contribution in [0.3, 0.4) is 0 Å². The molecule has 29 heavy (non-hydrogen) atoms. The fourth-order valence-electron chi connectivity index (χ4n) is 3.23. The first kappa shape index (κ1) is 22.7. The SMILES string of the molecule is CCCCN(Cc1cccn1C)C(=O)CN(CC(C)C)C(=O)c1ccccc1F. The van der Waals surface area contributed by atoms with E-state index >= 15 is 0 Å². The molecule has 0 N–H and O–H groups in total. The van der Waals surface area contributed by atoms with E-state index in [1.165, 1.54) is 17.0 Å². The molecule has 0 unspecified atom stereocenters. The molecule has 0 aliphatic heterocycles. The molecule has 0 saturated heterocycles. The topological polar surface area (TPSA) is 45.6 Å². The second-order valence-corrected chi connectivity index (χ2v) is 7.84. The summed E-state index contributed by atoms with van der Waals surface area (Å²) in [7, 11) is 1.95. The maximum atomic E-state index is 14.2. The first-order valence-electron chi connectivity index (χ1n) is 10.2. The van der Waals surface area contributed by atoms with Crippen LogP contribution < -0.4 is 0 Å². The quantitative estimate of drug-likeness (QED) is 0.602. The Morgan fingerprint density at radius 3 is 2.41 bits per heavy atom. The molecule has 0 aliphatic rings. The molecule has 1 heterocycles. The number of carbonyl (C=O) groups is 2. The third kappa shape index (κ3) is 6.44. The zero-order valence-corrected chi connectivity index (χ0v) is 17.9. The number of aromatic nitrogens is 1. The van der Waals surface area contributed by atoms with Gasteiger partial charge in [-0.2, -0.15) is 0 Å². The van der Waals surface area contributed by atoms with Crippen molar-refractivity contribution in [2.75, 3.05) is 19.6 Å². The largest absolute Gasteiger partial charge is 0.353 e. The van der Waals surface area contributed by atoms with Crippen LogP contribution in [0.15, 0.2) is 42.6 Å². The molecule has 0 fully saturated rings. The fourth-order valence-corrected chi connectivity index (χ4v) is 3.23. The predicted molar refractivity (Wildman–Crippen MR) is 113 cm³/mol. The molecule has 0 aliphatic carbocycles. The first-order chi connectivity index (χ1) is 13.8. The Morgan fingerprint density at radius 1 is 1.10 bits per heavy atom. The molecule has 158 valence electrons. The summed E-state index contributed by atoms with van der Waals surface area (Å²) < 4.78 is 16.1. The Morgan fingerprint density at radius 2 is 1.83 bits per heavy atom. The number of amides is 2. The minimum Gasteiger partial charge on any atom is -0.353 e. The average molecular weight is 402 g/mol. The van der Waals surface area contributed by atoms with Gasteiger partial charge in [-0.15, -0.1) is 0 Å². The van der Waals surface area contributed by atoms with Crippen molar-refractivity contribution in [3.8, 4) is 0 Å². The van der Waals surface area contributed by atoms with Crippen molar-refractivity contribution >= 4 is 11.8 Å². The molecular formula is C23H32FN3O2. The second-order valence-electron chi connectivity index (χ2n) is 7.84. The molecule has 2 aromatic rings. The van der Waals surface area contributed by atoms with Gasteiger partial charge in [0.2, 0.25) is 5.91 Å². The number of hydrogen-bond acceptors (Lipinski definition) is 2. The summed E-state index contributed by atoms with van der Waals surface area (Å²) in [5.41, 5.74) is 1.04. The molecule has 5 nitrogen and oxygen atoms in total. The highest BCUT2D eigenvalue weighted by Crippen LogP contribution is 2.14. The van der Waals surface area contributed by atoms with Crippen LogP contribution in [-0.2, 0) is 18.4 Å². The summed E-state index contributed by atoms with van der Waals surface area (Å²) in [5, 5.41) is 0. The molecule has 1 aromatic carbocycles. The van der Waals surface area contributed by atoms with E-state index in [4.69, 9.17) is 0 Å². The summed E-state index contributed by atoms with van der Waals surface area (Å²) in [4.78, 5) is 29.3.